The van der Waals surface area contributed by atoms with Gasteiger partial charge in [-0.25, -0.2) is 14.5 Å². The van der Waals surface area contributed by atoms with Gasteiger partial charge in [0.1, 0.15) is 12.7 Å². The predicted octanol–water partition coefficient (Wildman–Crippen LogP) is 2.22. The molecule has 5 rings (SSSR count). The Hall–Kier alpha value is -3.52. The first-order chi connectivity index (χ1) is 16.6. The molecule has 8 heteroatoms. The average molecular weight is 460 g/mol. The molecule has 3 aromatic rings. The van der Waals surface area contributed by atoms with Crippen molar-refractivity contribution in [3.05, 3.63) is 76.9 Å². The highest BCUT2D eigenvalue weighted by Crippen LogP contribution is 2.24. The van der Waals surface area contributed by atoms with E-state index in [1.807, 2.05) is 35.2 Å². The second-order valence-electron chi connectivity index (χ2n) is 8.92. The third-order valence-corrected chi connectivity index (χ3v) is 6.91. The first-order valence-electron chi connectivity index (χ1n) is 11.8. The van der Waals surface area contributed by atoms with Crippen LogP contribution in [0.15, 0.2) is 49.1 Å². The number of amides is 1. The predicted molar refractivity (Wildman–Crippen MR) is 127 cm³/mol. The molecule has 2 aromatic carbocycles. The van der Waals surface area contributed by atoms with Gasteiger partial charge in [0.25, 0.3) is 0 Å². The molecule has 1 amide bonds. The summed E-state index contributed by atoms with van der Waals surface area (Å²) < 4.78 is 6.86. The van der Waals surface area contributed by atoms with Crippen LogP contribution in [0.25, 0.3) is 5.69 Å². The highest BCUT2D eigenvalue weighted by Gasteiger charge is 2.23. The topological polar surface area (TPSA) is 80.6 Å². The number of fused-ring (bicyclic) bond motifs is 1. The summed E-state index contributed by atoms with van der Waals surface area (Å²) in [4.78, 5) is 33.1. The van der Waals surface area contributed by atoms with Crippen LogP contribution in [0.1, 0.15) is 32.6 Å². The largest absolute Gasteiger partial charge is 0.462 e. The third kappa shape index (κ3) is 4.72. The van der Waals surface area contributed by atoms with Gasteiger partial charge in [-0.3, -0.25) is 9.69 Å². The molecule has 176 valence electrons. The first kappa shape index (κ1) is 22.3. The summed E-state index contributed by atoms with van der Waals surface area (Å²) >= 11 is 0. The molecule has 0 unspecified atom stereocenters. The quantitative estimate of drug-likeness (QED) is 0.526. The van der Waals surface area contributed by atoms with Crippen molar-refractivity contribution in [2.45, 2.75) is 26.2 Å². The average Bonchev–Trinajstić information content (AvgIpc) is 3.40. The summed E-state index contributed by atoms with van der Waals surface area (Å²) in [6.07, 6.45) is 5.31. The summed E-state index contributed by atoms with van der Waals surface area (Å²) in [5.41, 5.74) is 6.30. The van der Waals surface area contributed by atoms with Crippen LogP contribution < -0.4 is 0 Å². The molecule has 0 aliphatic carbocycles. The van der Waals surface area contributed by atoms with E-state index in [-0.39, 0.29) is 11.9 Å². The second-order valence-corrected chi connectivity index (χ2v) is 8.92. The van der Waals surface area contributed by atoms with E-state index in [9.17, 15) is 9.59 Å². The smallest absolute Gasteiger partial charge is 0.338 e. The van der Waals surface area contributed by atoms with E-state index in [0.29, 0.717) is 18.6 Å². The second kappa shape index (κ2) is 9.77. The Morgan fingerprint density at radius 1 is 1.06 bits per heavy atom. The van der Waals surface area contributed by atoms with E-state index >= 15 is 0 Å². The van der Waals surface area contributed by atoms with Gasteiger partial charge in [0.2, 0.25) is 5.91 Å². The Bertz CT molecular complexity index is 1170. The van der Waals surface area contributed by atoms with Crippen molar-refractivity contribution < 1.29 is 14.3 Å². The molecular formula is C26H29N5O3. The van der Waals surface area contributed by atoms with Gasteiger partial charge in [0.05, 0.1) is 24.3 Å². The van der Waals surface area contributed by atoms with E-state index in [0.717, 1.165) is 62.4 Å². The van der Waals surface area contributed by atoms with Crippen LogP contribution in [0.3, 0.4) is 0 Å². The van der Waals surface area contributed by atoms with Gasteiger partial charge in [0, 0.05) is 39.1 Å². The number of ether oxygens (including phenoxy) is 1. The molecule has 8 nitrogen and oxygen atoms in total. The van der Waals surface area contributed by atoms with Gasteiger partial charge >= 0.3 is 5.97 Å². The Morgan fingerprint density at radius 2 is 1.85 bits per heavy atom. The summed E-state index contributed by atoms with van der Waals surface area (Å²) in [7, 11) is 0. The molecule has 0 bridgehead atoms. The van der Waals surface area contributed by atoms with Crippen LogP contribution in [0.4, 0.5) is 0 Å². The zero-order chi connectivity index (χ0) is 23.5. The molecule has 1 fully saturated rings. The van der Waals surface area contributed by atoms with E-state index in [1.54, 1.807) is 11.0 Å². The Kier molecular flexibility index (Phi) is 6.40. The molecule has 1 saturated heterocycles. The molecule has 0 atom stereocenters. The molecule has 34 heavy (non-hydrogen) atoms. The molecule has 2 aliphatic heterocycles. The van der Waals surface area contributed by atoms with E-state index in [4.69, 9.17) is 4.74 Å². The molecule has 2 aliphatic rings. The van der Waals surface area contributed by atoms with Gasteiger partial charge in [-0.15, -0.1) is 0 Å². The minimum absolute atomic E-state index is 0.172. The van der Waals surface area contributed by atoms with Gasteiger partial charge in [-0.2, -0.15) is 5.10 Å². The normalized spacial score (nSPS) is 16.3. The van der Waals surface area contributed by atoms with Gasteiger partial charge in [0.15, 0.2) is 0 Å². The number of cyclic esters (lactones) is 1. The molecular weight excluding hydrogens is 430 g/mol. The number of hydrogen-bond donors (Lipinski definition) is 0. The van der Waals surface area contributed by atoms with E-state index in [2.05, 4.69) is 28.0 Å². The van der Waals surface area contributed by atoms with E-state index in [1.165, 1.54) is 17.5 Å². The van der Waals surface area contributed by atoms with Gasteiger partial charge < -0.3 is 9.64 Å². The van der Waals surface area contributed by atoms with Crippen molar-refractivity contribution in [3.8, 4) is 5.69 Å². The number of piperazine rings is 1. The molecule has 0 radical (unpaired) electrons. The number of carbonyl (C=O) groups is 2. The van der Waals surface area contributed by atoms with Crippen LogP contribution in [-0.4, -0.2) is 75.8 Å². The number of hydrogen-bond acceptors (Lipinski definition) is 6. The van der Waals surface area contributed by atoms with Crippen molar-refractivity contribution >= 4 is 11.9 Å². The van der Waals surface area contributed by atoms with E-state index < -0.39 is 0 Å². The fourth-order valence-corrected chi connectivity index (χ4v) is 4.81. The van der Waals surface area contributed by atoms with Crippen LogP contribution in [0.2, 0.25) is 0 Å². The summed E-state index contributed by atoms with van der Waals surface area (Å²) in [5, 5.41) is 4.13. The fourth-order valence-electron chi connectivity index (χ4n) is 4.81. The lowest BCUT2D eigenvalue weighted by molar-refractivity contribution is -0.132. The fraction of sp³-hybridized carbons (Fsp3) is 0.385. The summed E-state index contributed by atoms with van der Waals surface area (Å²) in [5.74, 6) is -0.0339. The maximum atomic E-state index is 12.8. The number of esters is 1. The van der Waals surface area contributed by atoms with Gasteiger partial charge in [-0.05, 0) is 53.8 Å². The minimum atomic E-state index is -0.206. The minimum Gasteiger partial charge on any atom is -0.462 e. The zero-order valence-electron chi connectivity index (χ0n) is 19.4. The Labute approximate surface area is 199 Å². The van der Waals surface area contributed by atoms with Crippen molar-refractivity contribution in [2.75, 3.05) is 39.3 Å². The van der Waals surface area contributed by atoms with Crippen molar-refractivity contribution in [1.82, 2.24) is 24.6 Å². The maximum absolute atomic E-state index is 12.8. The maximum Gasteiger partial charge on any atom is 0.338 e. The number of rotatable bonds is 6. The number of carbonyl (C=O) groups excluding carboxylic acids is 2. The lowest BCUT2D eigenvalue weighted by atomic mass is 9.92. The zero-order valence-corrected chi connectivity index (χ0v) is 19.4. The number of nitrogens with zero attached hydrogens (tertiary/aromatic N) is 5. The van der Waals surface area contributed by atoms with Crippen molar-refractivity contribution in [2.24, 2.45) is 0 Å². The standard InChI is InChI=1S/C26H29N5O3/c1-19-21(4-7-24-23(19)9-15-34-26(24)33)8-10-29-11-13-30(14-12-29)25(32)16-20-2-5-22(6-3-20)31-18-27-17-28-31/h2-7,17-18H,8-16H2,1H3. The van der Waals surface area contributed by atoms with Crippen LogP contribution >= 0.6 is 0 Å². The van der Waals surface area contributed by atoms with Crippen LogP contribution in [-0.2, 0) is 28.8 Å². The summed E-state index contributed by atoms with van der Waals surface area (Å²) in [6, 6.07) is 11.8. The molecule has 1 aromatic heterocycles. The number of benzene rings is 2. The molecule has 0 spiro atoms. The lowest BCUT2D eigenvalue weighted by Gasteiger charge is -2.35. The van der Waals surface area contributed by atoms with Crippen LogP contribution in [0, 0.1) is 6.92 Å². The van der Waals surface area contributed by atoms with Gasteiger partial charge in [-0.1, -0.05) is 18.2 Å². The first-order valence-corrected chi connectivity index (χ1v) is 11.8. The molecule has 0 N–H and O–H groups in total. The molecule has 0 saturated carbocycles. The van der Waals surface area contributed by atoms with Crippen molar-refractivity contribution in [3.63, 3.8) is 0 Å². The highest BCUT2D eigenvalue weighted by molar-refractivity contribution is 5.92. The molecule has 3 heterocycles. The number of aromatic nitrogens is 3. The Morgan fingerprint density at radius 3 is 2.59 bits per heavy atom. The van der Waals surface area contributed by atoms with Crippen LogP contribution in [0.5, 0.6) is 0 Å². The monoisotopic (exact) mass is 459 g/mol. The lowest BCUT2D eigenvalue weighted by Crippen LogP contribution is -2.49. The summed E-state index contributed by atoms with van der Waals surface area (Å²) in [6.45, 7) is 6.81. The highest BCUT2D eigenvalue weighted by atomic mass is 16.5. The Balaban J connectivity index is 1.10. The van der Waals surface area contributed by atoms with Crippen molar-refractivity contribution in [1.29, 1.82) is 0 Å². The third-order valence-electron chi connectivity index (χ3n) is 6.91. The SMILES string of the molecule is Cc1c(CCN2CCN(C(=O)Cc3ccc(-n4cncn4)cc3)CC2)ccc2c1CCOC2=O.